The standard InChI is InChI=1S/C29H28N4O2/c1-19-13-14-20(2)23(15-19)17-32-26-12-8-7-11-24(26)25-16-30-33(29(35)28(25)32)18-27(34)31-21(3)22-9-5-4-6-10-22/h4-16,21H,17-18H2,1-3H3,(H,31,34)/t21-/m0/s1. The molecule has 35 heavy (non-hydrogen) atoms. The fourth-order valence-corrected chi connectivity index (χ4v) is 4.66. The Balaban J connectivity index is 1.54. The van der Waals surface area contributed by atoms with Gasteiger partial charge in [0.05, 0.1) is 12.2 Å². The van der Waals surface area contributed by atoms with Crippen molar-refractivity contribution < 1.29 is 4.79 Å². The van der Waals surface area contributed by atoms with E-state index in [1.165, 1.54) is 15.8 Å². The molecule has 0 aliphatic rings. The first-order valence-corrected chi connectivity index (χ1v) is 11.8. The first-order chi connectivity index (χ1) is 16.9. The van der Waals surface area contributed by atoms with Gasteiger partial charge in [-0.3, -0.25) is 9.59 Å². The van der Waals surface area contributed by atoms with Crippen molar-refractivity contribution in [3.05, 3.63) is 112 Å². The molecule has 0 bridgehead atoms. The van der Waals surface area contributed by atoms with Crippen LogP contribution < -0.4 is 10.9 Å². The highest BCUT2D eigenvalue weighted by molar-refractivity contribution is 6.07. The lowest BCUT2D eigenvalue weighted by molar-refractivity contribution is -0.122. The second-order valence-electron chi connectivity index (χ2n) is 9.10. The minimum Gasteiger partial charge on any atom is -0.348 e. The van der Waals surface area contributed by atoms with Gasteiger partial charge in [0.25, 0.3) is 5.56 Å². The van der Waals surface area contributed by atoms with Crippen molar-refractivity contribution in [1.29, 1.82) is 0 Å². The maximum atomic E-state index is 13.7. The average molecular weight is 465 g/mol. The molecule has 5 aromatic rings. The molecule has 0 unspecified atom stereocenters. The van der Waals surface area contributed by atoms with E-state index in [1.807, 2.05) is 61.5 Å². The summed E-state index contributed by atoms with van der Waals surface area (Å²) in [5.74, 6) is -0.257. The number of carbonyl (C=O) groups excluding carboxylic acids is 1. The first kappa shape index (κ1) is 22.6. The molecule has 3 aromatic carbocycles. The summed E-state index contributed by atoms with van der Waals surface area (Å²) in [6.07, 6.45) is 1.70. The molecule has 6 heteroatoms. The zero-order valence-electron chi connectivity index (χ0n) is 20.2. The lowest BCUT2D eigenvalue weighted by Gasteiger charge is -2.15. The van der Waals surface area contributed by atoms with E-state index in [-0.39, 0.29) is 24.1 Å². The van der Waals surface area contributed by atoms with Crippen LogP contribution in [0.5, 0.6) is 0 Å². The Morgan fingerprint density at radius 3 is 2.51 bits per heavy atom. The number of fused-ring (bicyclic) bond motifs is 3. The van der Waals surface area contributed by atoms with Crippen LogP contribution in [0.4, 0.5) is 0 Å². The number of hydrogen-bond donors (Lipinski definition) is 1. The summed E-state index contributed by atoms with van der Waals surface area (Å²) in [7, 11) is 0. The Bertz CT molecular complexity index is 1600. The number of carbonyl (C=O) groups is 1. The third kappa shape index (κ3) is 4.35. The Hall–Kier alpha value is -4.19. The molecule has 0 saturated heterocycles. The van der Waals surface area contributed by atoms with E-state index in [0.29, 0.717) is 12.1 Å². The molecule has 1 N–H and O–H groups in total. The monoisotopic (exact) mass is 464 g/mol. The molecular weight excluding hydrogens is 436 g/mol. The Kier molecular flexibility index (Phi) is 5.95. The van der Waals surface area contributed by atoms with E-state index in [0.717, 1.165) is 27.4 Å². The number of rotatable bonds is 6. The fourth-order valence-electron chi connectivity index (χ4n) is 4.66. The maximum Gasteiger partial charge on any atom is 0.291 e. The third-order valence-corrected chi connectivity index (χ3v) is 6.58. The van der Waals surface area contributed by atoms with E-state index in [9.17, 15) is 9.59 Å². The van der Waals surface area contributed by atoms with Gasteiger partial charge in [-0.2, -0.15) is 5.10 Å². The summed E-state index contributed by atoms with van der Waals surface area (Å²) >= 11 is 0. The number of para-hydroxylation sites is 1. The quantitative estimate of drug-likeness (QED) is 0.389. The maximum absolute atomic E-state index is 13.7. The Morgan fingerprint density at radius 1 is 0.971 bits per heavy atom. The molecular formula is C29H28N4O2. The third-order valence-electron chi connectivity index (χ3n) is 6.58. The largest absolute Gasteiger partial charge is 0.348 e. The smallest absolute Gasteiger partial charge is 0.291 e. The number of amides is 1. The van der Waals surface area contributed by atoms with E-state index in [1.54, 1.807) is 6.20 Å². The van der Waals surface area contributed by atoms with E-state index >= 15 is 0 Å². The second kappa shape index (κ2) is 9.22. The van der Waals surface area contributed by atoms with Crippen LogP contribution in [0.2, 0.25) is 0 Å². The van der Waals surface area contributed by atoms with Crippen molar-refractivity contribution >= 4 is 27.7 Å². The summed E-state index contributed by atoms with van der Waals surface area (Å²) in [6.45, 7) is 6.50. The van der Waals surface area contributed by atoms with Crippen molar-refractivity contribution in [3.63, 3.8) is 0 Å². The molecule has 176 valence electrons. The molecule has 6 nitrogen and oxygen atoms in total. The SMILES string of the molecule is Cc1ccc(C)c(Cn2c3ccccc3c3cnn(CC(=O)N[C@@H](C)c4ccccc4)c(=O)c32)c1. The number of aromatic nitrogens is 3. The lowest BCUT2D eigenvalue weighted by Crippen LogP contribution is -2.35. The predicted molar refractivity (Wildman–Crippen MR) is 140 cm³/mol. The number of aryl methyl sites for hydroxylation is 2. The van der Waals surface area contributed by atoms with Gasteiger partial charge in [0, 0.05) is 22.8 Å². The van der Waals surface area contributed by atoms with Gasteiger partial charge in [0.15, 0.2) is 0 Å². The summed E-state index contributed by atoms with van der Waals surface area (Å²) in [5, 5.41) is 9.10. The van der Waals surface area contributed by atoms with Gasteiger partial charge >= 0.3 is 0 Å². The number of nitrogens with zero attached hydrogens (tertiary/aromatic N) is 3. The predicted octanol–water partition coefficient (Wildman–Crippen LogP) is 4.89. The molecule has 0 aliphatic carbocycles. The fraction of sp³-hybridized carbons (Fsp3) is 0.207. The molecule has 2 heterocycles. The number of hydrogen-bond acceptors (Lipinski definition) is 3. The van der Waals surface area contributed by atoms with Crippen molar-refractivity contribution in [2.24, 2.45) is 0 Å². The minimum absolute atomic E-state index is 0.142. The van der Waals surface area contributed by atoms with Gasteiger partial charge in [0.2, 0.25) is 5.91 Å². The minimum atomic E-state index is -0.272. The molecule has 0 aliphatic heterocycles. The van der Waals surface area contributed by atoms with Crippen LogP contribution >= 0.6 is 0 Å². The van der Waals surface area contributed by atoms with Gasteiger partial charge in [-0.05, 0) is 43.5 Å². The second-order valence-corrected chi connectivity index (χ2v) is 9.10. The molecule has 0 radical (unpaired) electrons. The van der Waals surface area contributed by atoms with E-state index < -0.39 is 0 Å². The van der Waals surface area contributed by atoms with Gasteiger partial charge in [0.1, 0.15) is 12.1 Å². The van der Waals surface area contributed by atoms with E-state index in [2.05, 4.69) is 47.0 Å². The van der Waals surface area contributed by atoms with Gasteiger partial charge in [-0.25, -0.2) is 4.68 Å². The number of nitrogens with one attached hydrogen (secondary N) is 1. The van der Waals surface area contributed by atoms with Crippen LogP contribution in [-0.4, -0.2) is 20.3 Å². The molecule has 2 aromatic heterocycles. The molecule has 0 saturated carbocycles. The molecule has 5 rings (SSSR count). The van der Waals surface area contributed by atoms with Crippen molar-refractivity contribution in [2.45, 2.75) is 39.9 Å². The van der Waals surface area contributed by atoms with Crippen LogP contribution in [0, 0.1) is 13.8 Å². The normalized spacial score (nSPS) is 12.2. The van der Waals surface area contributed by atoms with Crippen LogP contribution in [0.15, 0.2) is 83.8 Å². The Morgan fingerprint density at radius 2 is 1.71 bits per heavy atom. The van der Waals surface area contributed by atoms with Crippen molar-refractivity contribution in [3.8, 4) is 0 Å². The summed E-state index contributed by atoms with van der Waals surface area (Å²) in [4.78, 5) is 26.4. The highest BCUT2D eigenvalue weighted by atomic mass is 16.2. The molecule has 0 spiro atoms. The van der Waals surface area contributed by atoms with Gasteiger partial charge in [-0.1, -0.05) is 72.3 Å². The summed E-state index contributed by atoms with van der Waals surface area (Å²) in [6, 6.07) is 23.9. The van der Waals surface area contributed by atoms with Crippen LogP contribution in [0.1, 0.15) is 35.2 Å². The zero-order valence-corrected chi connectivity index (χ0v) is 20.2. The van der Waals surface area contributed by atoms with Gasteiger partial charge in [-0.15, -0.1) is 0 Å². The molecule has 1 amide bonds. The summed E-state index contributed by atoms with van der Waals surface area (Å²) in [5.41, 5.74) is 5.77. The first-order valence-electron chi connectivity index (χ1n) is 11.8. The Labute approximate surface area is 203 Å². The zero-order chi connectivity index (χ0) is 24.5. The van der Waals surface area contributed by atoms with Crippen LogP contribution in [0.3, 0.4) is 0 Å². The van der Waals surface area contributed by atoms with Gasteiger partial charge < -0.3 is 9.88 Å². The summed E-state index contributed by atoms with van der Waals surface area (Å²) < 4.78 is 3.31. The van der Waals surface area contributed by atoms with Crippen molar-refractivity contribution in [1.82, 2.24) is 19.7 Å². The van der Waals surface area contributed by atoms with E-state index in [4.69, 9.17) is 0 Å². The van der Waals surface area contributed by atoms with Crippen LogP contribution in [0.25, 0.3) is 21.8 Å². The van der Waals surface area contributed by atoms with Crippen molar-refractivity contribution in [2.75, 3.05) is 0 Å². The molecule has 1 atom stereocenters. The average Bonchev–Trinajstić information content (AvgIpc) is 3.18. The molecule has 0 fully saturated rings. The number of benzene rings is 3. The lowest BCUT2D eigenvalue weighted by atomic mass is 10.1. The highest BCUT2D eigenvalue weighted by Gasteiger charge is 2.18. The topological polar surface area (TPSA) is 68.9 Å². The van der Waals surface area contributed by atoms with Crippen LogP contribution in [-0.2, 0) is 17.9 Å². The highest BCUT2D eigenvalue weighted by Crippen LogP contribution is 2.28.